The van der Waals surface area contributed by atoms with Crippen LogP contribution in [0.1, 0.15) is 72.6 Å². The van der Waals surface area contributed by atoms with Gasteiger partial charge in [0.1, 0.15) is 6.61 Å². The number of alkyl halides is 1. The molecule has 3 saturated carbocycles. The van der Waals surface area contributed by atoms with E-state index < -0.39 is 58.4 Å². The molecule has 188 valence electrons. The summed E-state index contributed by atoms with van der Waals surface area (Å²) >= 11 is 0. The van der Waals surface area contributed by atoms with Crippen LogP contribution in [-0.2, 0) is 19.1 Å². The fraction of sp³-hybridized carbons (Fsp3) is 0.741. The summed E-state index contributed by atoms with van der Waals surface area (Å²) in [5, 5.41) is 21.4. The molecule has 2 N–H and O–H groups in total. The summed E-state index contributed by atoms with van der Waals surface area (Å²) < 4.78 is 23.3. The van der Waals surface area contributed by atoms with Crippen molar-refractivity contribution in [3.05, 3.63) is 23.8 Å². The lowest BCUT2D eigenvalue weighted by molar-refractivity contribution is -0.228. The van der Waals surface area contributed by atoms with E-state index in [4.69, 9.17) is 4.74 Å². The molecule has 0 heterocycles. The molecule has 0 radical (unpaired) electrons. The predicted octanol–water partition coefficient (Wildman–Crippen LogP) is 3.64. The minimum absolute atomic E-state index is 0.0769. The number of carbonyl (C=O) groups is 3. The molecule has 8 atom stereocenters. The second-order valence-electron chi connectivity index (χ2n) is 11.3. The van der Waals surface area contributed by atoms with E-state index in [9.17, 15) is 24.6 Å². The fourth-order valence-corrected chi connectivity index (χ4v) is 8.07. The quantitative estimate of drug-likeness (QED) is 0.568. The highest BCUT2D eigenvalue weighted by Gasteiger charge is 2.77. The van der Waals surface area contributed by atoms with Gasteiger partial charge in [0.15, 0.2) is 17.1 Å². The SMILES string of the molecule is CCCCC(=O)O[C@]1(C(=O)CO)C(C)C[C@H]2[C@@H]3CCC4=CC(=O)C=C[C@]4(C)[C@@]3(F)C(O)C[C@@]21C. The Hall–Kier alpha value is -1.86. The summed E-state index contributed by atoms with van der Waals surface area (Å²) in [6.07, 6.45) is 5.92. The van der Waals surface area contributed by atoms with Crippen molar-refractivity contribution >= 4 is 17.5 Å². The summed E-state index contributed by atoms with van der Waals surface area (Å²) in [6, 6.07) is 0. The molecule has 0 spiro atoms. The van der Waals surface area contributed by atoms with Crippen molar-refractivity contribution in [3.63, 3.8) is 0 Å². The van der Waals surface area contributed by atoms with Crippen molar-refractivity contribution in [3.8, 4) is 0 Å². The molecule has 0 aromatic carbocycles. The maximum absolute atomic E-state index is 17.3. The van der Waals surface area contributed by atoms with Crippen LogP contribution in [0, 0.1) is 28.6 Å². The van der Waals surface area contributed by atoms with Gasteiger partial charge in [0.2, 0.25) is 5.78 Å². The van der Waals surface area contributed by atoms with Gasteiger partial charge in [0, 0.05) is 29.1 Å². The topological polar surface area (TPSA) is 101 Å². The van der Waals surface area contributed by atoms with E-state index in [0.717, 1.165) is 6.42 Å². The van der Waals surface area contributed by atoms with Gasteiger partial charge in [-0.1, -0.05) is 38.8 Å². The molecule has 0 aromatic heterocycles. The van der Waals surface area contributed by atoms with Crippen LogP contribution in [0.5, 0.6) is 0 Å². The average Bonchev–Trinajstić information content (AvgIpc) is 3.00. The number of hydrogen-bond acceptors (Lipinski definition) is 6. The third kappa shape index (κ3) is 3.08. The van der Waals surface area contributed by atoms with Gasteiger partial charge in [-0.2, -0.15) is 0 Å². The number of aliphatic hydroxyl groups excluding tert-OH is 2. The molecule has 7 heteroatoms. The van der Waals surface area contributed by atoms with Crippen LogP contribution in [0.25, 0.3) is 0 Å². The molecule has 0 saturated heterocycles. The Morgan fingerprint density at radius 3 is 2.62 bits per heavy atom. The van der Waals surface area contributed by atoms with E-state index in [1.807, 2.05) is 20.8 Å². The van der Waals surface area contributed by atoms with Gasteiger partial charge in [-0.05, 0) is 57.1 Å². The van der Waals surface area contributed by atoms with Crippen molar-refractivity contribution in [1.82, 2.24) is 0 Å². The van der Waals surface area contributed by atoms with E-state index >= 15 is 4.39 Å². The van der Waals surface area contributed by atoms with E-state index in [-0.39, 0.29) is 24.5 Å². The largest absolute Gasteiger partial charge is 0.450 e. The minimum atomic E-state index is -2.03. The molecule has 0 aromatic rings. The molecule has 4 aliphatic rings. The number of Topliss-reactive ketones (excluding diaryl/α,β-unsaturated/α-hetero) is 1. The predicted molar refractivity (Wildman–Crippen MR) is 123 cm³/mol. The van der Waals surface area contributed by atoms with Crippen LogP contribution >= 0.6 is 0 Å². The molecule has 0 aliphatic heterocycles. The van der Waals surface area contributed by atoms with Gasteiger partial charge < -0.3 is 14.9 Å². The fourth-order valence-electron chi connectivity index (χ4n) is 8.07. The third-order valence-electron chi connectivity index (χ3n) is 9.75. The summed E-state index contributed by atoms with van der Waals surface area (Å²) in [4.78, 5) is 38.1. The van der Waals surface area contributed by atoms with Crippen LogP contribution in [-0.4, -0.2) is 51.7 Å². The van der Waals surface area contributed by atoms with Crippen LogP contribution in [0.4, 0.5) is 4.39 Å². The molecular formula is C27H37FO6. The second-order valence-corrected chi connectivity index (χ2v) is 11.3. The zero-order chi connectivity index (χ0) is 25.1. The lowest BCUT2D eigenvalue weighted by Gasteiger charge is -2.62. The van der Waals surface area contributed by atoms with Crippen LogP contribution < -0.4 is 0 Å². The van der Waals surface area contributed by atoms with Gasteiger partial charge in [0.05, 0.1) is 6.10 Å². The Morgan fingerprint density at radius 2 is 1.97 bits per heavy atom. The first-order valence-corrected chi connectivity index (χ1v) is 12.6. The zero-order valence-electron chi connectivity index (χ0n) is 20.6. The molecule has 3 fully saturated rings. The van der Waals surface area contributed by atoms with Crippen LogP contribution in [0.15, 0.2) is 23.8 Å². The van der Waals surface area contributed by atoms with Crippen molar-refractivity contribution in [2.24, 2.45) is 28.6 Å². The van der Waals surface area contributed by atoms with Gasteiger partial charge >= 0.3 is 5.97 Å². The average molecular weight is 477 g/mol. The minimum Gasteiger partial charge on any atom is -0.450 e. The number of unbranched alkanes of at least 4 members (excludes halogenated alkanes) is 1. The Morgan fingerprint density at radius 1 is 1.26 bits per heavy atom. The second kappa shape index (κ2) is 8.37. The Labute approximate surface area is 200 Å². The first-order chi connectivity index (χ1) is 15.9. The number of hydrogen-bond donors (Lipinski definition) is 2. The normalized spacial score (nSPS) is 45.1. The smallest absolute Gasteiger partial charge is 0.306 e. The van der Waals surface area contributed by atoms with Gasteiger partial charge in [-0.15, -0.1) is 0 Å². The molecule has 4 rings (SSSR count). The molecule has 0 amide bonds. The third-order valence-corrected chi connectivity index (χ3v) is 9.75. The van der Waals surface area contributed by atoms with Crippen LogP contribution in [0.2, 0.25) is 0 Å². The lowest BCUT2D eigenvalue weighted by Crippen LogP contribution is -2.70. The Kier molecular flexibility index (Phi) is 6.21. The highest BCUT2D eigenvalue weighted by molar-refractivity contribution is 6.01. The number of halogens is 1. The molecular weight excluding hydrogens is 439 g/mol. The summed E-state index contributed by atoms with van der Waals surface area (Å²) in [7, 11) is 0. The number of aliphatic hydroxyl groups is 2. The maximum atomic E-state index is 17.3. The number of ketones is 2. The van der Waals surface area contributed by atoms with Crippen molar-refractivity contribution in [1.29, 1.82) is 0 Å². The van der Waals surface area contributed by atoms with E-state index in [0.29, 0.717) is 31.3 Å². The summed E-state index contributed by atoms with van der Waals surface area (Å²) in [5.41, 5.74) is -5.11. The van der Waals surface area contributed by atoms with E-state index in [1.54, 1.807) is 13.0 Å². The van der Waals surface area contributed by atoms with Gasteiger partial charge in [-0.25, -0.2) is 4.39 Å². The van der Waals surface area contributed by atoms with Gasteiger partial charge in [-0.3, -0.25) is 14.4 Å². The van der Waals surface area contributed by atoms with Crippen LogP contribution in [0.3, 0.4) is 0 Å². The molecule has 0 bridgehead atoms. The number of esters is 1. The Balaban J connectivity index is 1.80. The standard InChI is InChI=1S/C27H37FO6/c1-5-6-7-23(33)34-27(22(32)15-29)16(2)12-20-19-9-8-17-13-18(30)10-11-24(17,3)26(19,28)21(31)14-25(20,27)4/h10-11,13,16,19-21,29,31H,5-9,12,14-15H2,1-4H3/t16?,19-,20-,21?,24-,25-,26-,27-/m0/s1. The van der Waals surface area contributed by atoms with Crippen molar-refractivity contribution < 1.29 is 33.7 Å². The summed E-state index contributed by atoms with van der Waals surface area (Å²) in [6.45, 7) is 6.55. The number of ether oxygens (including phenoxy) is 1. The maximum Gasteiger partial charge on any atom is 0.306 e. The first-order valence-electron chi connectivity index (χ1n) is 12.6. The van der Waals surface area contributed by atoms with Crippen molar-refractivity contribution in [2.75, 3.05) is 6.61 Å². The number of rotatable bonds is 6. The summed E-state index contributed by atoms with van der Waals surface area (Å²) in [5.74, 6) is -2.62. The highest BCUT2D eigenvalue weighted by Crippen LogP contribution is 2.71. The molecule has 34 heavy (non-hydrogen) atoms. The Bertz CT molecular complexity index is 957. The highest BCUT2D eigenvalue weighted by atomic mass is 19.1. The molecule has 2 unspecified atom stereocenters. The first kappa shape index (κ1) is 25.2. The van der Waals surface area contributed by atoms with Crippen molar-refractivity contribution in [2.45, 2.75) is 90.0 Å². The zero-order valence-corrected chi connectivity index (χ0v) is 20.6. The molecule has 4 aliphatic carbocycles. The lowest BCUT2D eigenvalue weighted by atomic mass is 9.44. The van der Waals surface area contributed by atoms with E-state index in [2.05, 4.69) is 0 Å². The number of allylic oxidation sites excluding steroid dienone is 4. The number of fused-ring (bicyclic) bond motifs is 5. The number of carbonyl (C=O) groups excluding carboxylic acids is 3. The monoisotopic (exact) mass is 476 g/mol. The van der Waals surface area contributed by atoms with Gasteiger partial charge in [0.25, 0.3) is 0 Å². The van der Waals surface area contributed by atoms with E-state index in [1.165, 1.54) is 12.2 Å². The molecule has 6 nitrogen and oxygen atoms in total.